The maximum Gasteiger partial charge on any atom is -0.0112 e. The molecule has 0 saturated heterocycles. The van der Waals surface area contributed by atoms with Crippen molar-refractivity contribution in [3.05, 3.63) is 182 Å². The van der Waals surface area contributed by atoms with Crippen molar-refractivity contribution in [3.8, 4) is 22.3 Å². The molecule has 0 N–H and O–H groups in total. The van der Waals surface area contributed by atoms with E-state index in [2.05, 4.69) is 153 Å². The van der Waals surface area contributed by atoms with E-state index in [0.29, 0.717) is 0 Å². The zero-order chi connectivity index (χ0) is 26.4. The minimum atomic E-state index is 1.16. The first-order chi connectivity index (χ1) is 18.8. The third kappa shape index (κ3) is 7.29. The highest BCUT2D eigenvalue weighted by Crippen LogP contribution is 2.23. The van der Waals surface area contributed by atoms with Crippen LogP contribution in [0.1, 0.15) is 11.1 Å². The van der Waals surface area contributed by atoms with Crippen LogP contribution in [-0.2, 0) is 0 Å². The number of hydrogen-bond acceptors (Lipinski definition) is 0. The fourth-order valence-electron chi connectivity index (χ4n) is 4.13. The van der Waals surface area contributed by atoms with Crippen LogP contribution in [-0.4, -0.2) is 0 Å². The van der Waals surface area contributed by atoms with Gasteiger partial charge in [-0.1, -0.05) is 183 Å². The van der Waals surface area contributed by atoms with Crippen molar-refractivity contribution in [2.45, 2.75) is 0 Å². The molecule has 0 spiro atoms. The van der Waals surface area contributed by atoms with Gasteiger partial charge in [-0.05, 0) is 44.2 Å². The van der Waals surface area contributed by atoms with Gasteiger partial charge in [-0.15, -0.1) is 0 Å². The number of benzene rings is 6. The Labute approximate surface area is 226 Å². The van der Waals surface area contributed by atoms with E-state index in [1.54, 1.807) is 0 Å². The third-order valence-electron chi connectivity index (χ3n) is 6.18. The number of hydrogen-bond donors (Lipinski definition) is 0. The normalized spacial score (nSPS) is 9.79. The van der Waals surface area contributed by atoms with Gasteiger partial charge < -0.3 is 0 Å². The summed E-state index contributed by atoms with van der Waals surface area (Å²) in [6, 6.07) is 54.1. The molecule has 0 amide bonds. The van der Waals surface area contributed by atoms with Crippen LogP contribution in [0.2, 0.25) is 0 Å². The van der Waals surface area contributed by atoms with Crippen molar-refractivity contribution in [2.75, 3.05) is 0 Å². The van der Waals surface area contributed by atoms with Gasteiger partial charge in [0.25, 0.3) is 0 Å². The van der Waals surface area contributed by atoms with Crippen LogP contribution in [0.3, 0.4) is 0 Å². The SMILES string of the molecule is C=Cc1ccc(-c2ccccc2)cc1.C=Cc1ccccc1-c1ccccc1.c1ccc2ccccc2c1. The first kappa shape index (κ1) is 26.1. The van der Waals surface area contributed by atoms with Gasteiger partial charge in [-0.2, -0.15) is 0 Å². The second-order valence-corrected chi connectivity index (χ2v) is 8.70. The molecule has 0 heterocycles. The lowest BCUT2D eigenvalue weighted by molar-refractivity contribution is 1.59. The minimum Gasteiger partial charge on any atom is -0.0985 e. The third-order valence-corrected chi connectivity index (χ3v) is 6.18. The molecular formula is C38H32. The Morgan fingerprint density at radius 3 is 1.26 bits per heavy atom. The van der Waals surface area contributed by atoms with Gasteiger partial charge in [-0.25, -0.2) is 0 Å². The Kier molecular flexibility index (Phi) is 9.60. The molecule has 38 heavy (non-hydrogen) atoms. The summed E-state index contributed by atoms with van der Waals surface area (Å²) in [7, 11) is 0. The average Bonchev–Trinajstić information content (AvgIpc) is 3.02. The lowest BCUT2D eigenvalue weighted by atomic mass is 10.00. The van der Waals surface area contributed by atoms with E-state index < -0.39 is 0 Å². The van der Waals surface area contributed by atoms with Crippen LogP contribution in [0.4, 0.5) is 0 Å². The lowest BCUT2D eigenvalue weighted by Gasteiger charge is -2.04. The van der Waals surface area contributed by atoms with Crippen LogP contribution < -0.4 is 0 Å². The van der Waals surface area contributed by atoms with Gasteiger partial charge in [0.15, 0.2) is 0 Å². The number of fused-ring (bicyclic) bond motifs is 1. The highest BCUT2D eigenvalue weighted by Gasteiger charge is 1.99. The molecule has 0 atom stereocenters. The summed E-state index contributed by atoms with van der Waals surface area (Å²) in [6.07, 6.45) is 3.75. The summed E-state index contributed by atoms with van der Waals surface area (Å²) in [4.78, 5) is 0. The van der Waals surface area contributed by atoms with Gasteiger partial charge in [0.2, 0.25) is 0 Å². The molecule has 0 unspecified atom stereocenters. The van der Waals surface area contributed by atoms with E-state index in [9.17, 15) is 0 Å². The Morgan fingerprint density at radius 1 is 0.342 bits per heavy atom. The monoisotopic (exact) mass is 488 g/mol. The molecule has 0 aliphatic carbocycles. The van der Waals surface area contributed by atoms with Crippen LogP contribution in [0.15, 0.2) is 171 Å². The van der Waals surface area contributed by atoms with E-state index in [0.717, 1.165) is 5.56 Å². The van der Waals surface area contributed by atoms with Crippen molar-refractivity contribution in [3.63, 3.8) is 0 Å². The molecule has 6 aromatic rings. The summed E-state index contributed by atoms with van der Waals surface area (Å²) >= 11 is 0. The van der Waals surface area contributed by atoms with Crippen LogP contribution >= 0.6 is 0 Å². The molecule has 0 nitrogen and oxygen atoms in total. The Morgan fingerprint density at radius 2 is 0.763 bits per heavy atom. The topological polar surface area (TPSA) is 0 Å². The Balaban J connectivity index is 0.000000135. The molecule has 6 rings (SSSR count). The highest BCUT2D eigenvalue weighted by atomic mass is 14.0. The number of rotatable bonds is 4. The summed E-state index contributed by atoms with van der Waals surface area (Å²) in [5.74, 6) is 0. The molecule has 0 aliphatic rings. The Hall–Kier alpha value is -4.94. The van der Waals surface area contributed by atoms with Gasteiger partial charge in [0.05, 0.1) is 0 Å². The minimum absolute atomic E-state index is 1.16. The standard InChI is InChI=1S/2C14H12.C10H8/c1-2-12-8-6-7-11-14(12)13-9-4-3-5-10-13;1-2-12-8-10-14(11-9-12)13-6-4-3-5-7-13;1-2-6-10-8-4-3-7-9(10)5-1/h2*2-11H,1H2;1-8H. The molecule has 0 heteroatoms. The zero-order valence-corrected chi connectivity index (χ0v) is 21.6. The predicted octanol–water partition coefficient (Wildman–Crippen LogP) is 10.8. The lowest BCUT2D eigenvalue weighted by Crippen LogP contribution is -1.81. The van der Waals surface area contributed by atoms with Gasteiger partial charge >= 0.3 is 0 Å². The van der Waals surface area contributed by atoms with Crippen molar-refractivity contribution < 1.29 is 0 Å². The summed E-state index contributed by atoms with van der Waals surface area (Å²) in [5, 5.41) is 2.62. The molecule has 6 aromatic carbocycles. The first-order valence-electron chi connectivity index (χ1n) is 12.8. The second kappa shape index (κ2) is 14.0. The quantitative estimate of drug-likeness (QED) is 0.231. The van der Waals surface area contributed by atoms with Crippen molar-refractivity contribution in [1.82, 2.24) is 0 Å². The molecule has 184 valence electrons. The van der Waals surface area contributed by atoms with E-state index in [4.69, 9.17) is 0 Å². The Bertz CT molecular complexity index is 1490. The summed E-state index contributed by atoms with van der Waals surface area (Å²) < 4.78 is 0. The molecular weight excluding hydrogens is 456 g/mol. The highest BCUT2D eigenvalue weighted by molar-refractivity contribution is 5.82. The largest absolute Gasteiger partial charge is 0.0985 e. The van der Waals surface area contributed by atoms with E-state index in [1.165, 1.54) is 38.6 Å². The van der Waals surface area contributed by atoms with Gasteiger partial charge in [0, 0.05) is 0 Å². The maximum absolute atomic E-state index is 3.82. The molecule has 0 radical (unpaired) electrons. The molecule has 0 fully saturated rings. The predicted molar refractivity (Wildman–Crippen MR) is 168 cm³/mol. The van der Waals surface area contributed by atoms with E-state index in [-0.39, 0.29) is 0 Å². The summed E-state index contributed by atoms with van der Waals surface area (Å²) in [5.41, 5.74) is 7.31. The fourth-order valence-corrected chi connectivity index (χ4v) is 4.13. The van der Waals surface area contributed by atoms with Crippen molar-refractivity contribution >= 4 is 22.9 Å². The molecule has 0 aliphatic heterocycles. The molecule has 0 aromatic heterocycles. The van der Waals surface area contributed by atoms with E-state index in [1.807, 2.05) is 30.4 Å². The van der Waals surface area contributed by atoms with Gasteiger partial charge in [0.1, 0.15) is 0 Å². The molecule has 0 saturated carbocycles. The van der Waals surface area contributed by atoms with Crippen LogP contribution in [0.5, 0.6) is 0 Å². The van der Waals surface area contributed by atoms with Crippen molar-refractivity contribution in [2.24, 2.45) is 0 Å². The first-order valence-corrected chi connectivity index (χ1v) is 12.8. The summed E-state index contributed by atoms with van der Waals surface area (Å²) in [6.45, 7) is 7.55. The van der Waals surface area contributed by atoms with Gasteiger partial charge in [-0.3, -0.25) is 0 Å². The van der Waals surface area contributed by atoms with Crippen molar-refractivity contribution in [1.29, 1.82) is 0 Å². The van der Waals surface area contributed by atoms with Crippen LogP contribution in [0, 0.1) is 0 Å². The van der Waals surface area contributed by atoms with Crippen LogP contribution in [0.25, 0.3) is 45.2 Å². The maximum atomic E-state index is 3.82. The fraction of sp³-hybridized carbons (Fsp3) is 0. The zero-order valence-electron chi connectivity index (χ0n) is 21.6. The van der Waals surface area contributed by atoms with E-state index >= 15 is 0 Å². The average molecular weight is 489 g/mol. The smallest absolute Gasteiger partial charge is 0.0112 e. The second-order valence-electron chi connectivity index (χ2n) is 8.70. The molecule has 0 bridgehead atoms.